The van der Waals surface area contributed by atoms with Crippen molar-refractivity contribution in [3.63, 3.8) is 0 Å². The smallest absolute Gasteiger partial charge is 0.185 e. The fourth-order valence-electron chi connectivity index (χ4n) is 2.25. The average Bonchev–Trinajstić information content (AvgIpc) is 2.45. The number of hydrogen-bond donors (Lipinski definition) is 0. The average molecular weight is 266 g/mol. The lowest BCUT2D eigenvalue weighted by Crippen LogP contribution is -1.99. The van der Waals surface area contributed by atoms with Gasteiger partial charge in [-0.25, -0.2) is 0 Å². The van der Waals surface area contributed by atoms with Gasteiger partial charge in [-0.05, 0) is 48.7 Å². The van der Waals surface area contributed by atoms with Gasteiger partial charge in [-0.2, -0.15) is 0 Å². The second kappa shape index (κ2) is 6.20. The molecule has 0 aliphatic rings. The summed E-state index contributed by atoms with van der Waals surface area (Å²) in [5.41, 5.74) is 3.66. The van der Waals surface area contributed by atoms with E-state index in [0.29, 0.717) is 5.56 Å². The van der Waals surface area contributed by atoms with Crippen LogP contribution in [0.1, 0.15) is 27.0 Å². The Kier molecular flexibility index (Phi) is 4.36. The quantitative estimate of drug-likeness (QED) is 0.612. The van der Waals surface area contributed by atoms with E-state index in [-0.39, 0.29) is 5.78 Å². The van der Waals surface area contributed by atoms with Crippen molar-refractivity contribution in [1.29, 1.82) is 0 Å². The van der Waals surface area contributed by atoms with Crippen LogP contribution in [0.4, 0.5) is 0 Å². The van der Waals surface area contributed by atoms with Gasteiger partial charge in [-0.15, -0.1) is 0 Å². The maximum absolute atomic E-state index is 12.2. The molecule has 0 fully saturated rings. The molecule has 0 saturated heterocycles. The Hall–Kier alpha value is -2.35. The molecule has 0 amide bonds. The minimum absolute atomic E-state index is 0.00251. The van der Waals surface area contributed by atoms with Crippen molar-refractivity contribution in [2.24, 2.45) is 0 Å². The van der Waals surface area contributed by atoms with Gasteiger partial charge in [0.25, 0.3) is 0 Å². The number of carbonyl (C=O) groups excluding carboxylic acids is 1. The third-order valence-corrected chi connectivity index (χ3v) is 3.18. The zero-order chi connectivity index (χ0) is 14.5. The van der Waals surface area contributed by atoms with Crippen molar-refractivity contribution in [1.82, 2.24) is 0 Å². The molecule has 0 atom stereocenters. The van der Waals surface area contributed by atoms with E-state index in [4.69, 9.17) is 4.74 Å². The van der Waals surface area contributed by atoms with Crippen molar-refractivity contribution in [3.8, 4) is 5.75 Å². The van der Waals surface area contributed by atoms with Crippen LogP contribution in [-0.4, -0.2) is 12.9 Å². The summed E-state index contributed by atoms with van der Waals surface area (Å²) in [5, 5.41) is 0. The predicted octanol–water partition coefficient (Wildman–Crippen LogP) is 4.21. The molecule has 0 radical (unpaired) electrons. The van der Waals surface area contributed by atoms with Crippen LogP contribution in [-0.2, 0) is 0 Å². The van der Waals surface area contributed by atoms with Crippen molar-refractivity contribution in [2.75, 3.05) is 7.11 Å². The molecule has 0 heterocycles. The van der Waals surface area contributed by atoms with E-state index >= 15 is 0 Å². The Labute approximate surface area is 119 Å². The third-order valence-electron chi connectivity index (χ3n) is 3.18. The highest BCUT2D eigenvalue weighted by Gasteiger charge is 2.09. The molecule has 0 unspecified atom stereocenters. The largest absolute Gasteiger partial charge is 0.496 e. The van der Waals surface area contributed by atoms with Crippen molar-refractivity contribution < 1.29 is 9.53 Å². The first kappa shape index (κ1) is 14.1. The molecule has 0 saturated carbocycles. The van der Waals surface area contributed by atoms with Crippen molar-refractivity contribution >= 4 is 11.9 Å². The number of aryl methyl sites for hydroxylation is 2. The first-order chi connectivity index (χ1) is 9.61. The maximum Gasteiger partial charge on any atom is 0.185 e. The van der Waals surface area contributed by atoms with Crippen LogP contribution >= 0.6 is 0 Å². The fraction of sp³-hybridized carbons (Fsp3) is 0.167. The van der Waals surface area contributed by atoms with Gasteiger partial charge in [0, 0.05) is 5.56 Å². The highest BCUT2D eigenvalue weighted by atomic mass is 16.5. The third kappa shape index (κ3) is 3.15. The van der Waals surface area contributed by atoms with Crippen LogP contribution in [0.5, 0.6) is 5.75 Å². The van der Waals surface area contributed by atoms with E-state index in [1.165, 1.54) is 0 Å². The lowest BCUT2D eigenvalue weighted by atomic mass is 10.0. The summed E-state index contributed by atoms with van der Waals surface area (Å²) in [6.07, 6.45) is 3.44. The number of methoxy groups -OCH3 is 1. The predicted molar refractivity (Wildman–Crippen MR) is 82.3 cm³/mol. The van der Waals surface area contributed by atoms with Gasteiger partial charge in [-0.3, -0.25) is 4.79 Å². The van der Waals surface area contributed by atoms with Gasteiger partial charge >= 0.3 is 0 Å². The minimum Gasteiger partial charge on any atom is -0.496 e. The number of allylic oxidation sites excluding steroid dienone is 1. The van der Waals surface area contributed by atoms with E-state index in [9.17, 15) is 4.79 Å². The fourth-order valence-corrected chi connectivity index (χ4v) is 2.25. The van der Waals surface area contributed by atoms with E-state index in [2.05, 4.69) is 0 Å². The van der Waals surface area contributed by atoms with Crippen LogP contribution in [0.15, 0.2) is 48.5 Å². The van der Waals surface area contributed by atoms with Gasteiger partial charge < -0.3 is 4.74 Å². The standard InChI is InChI=1S/C18H18O2/c1-13-11-16(12-14(2)18(13)20-3)17(19)10-9-15-7-5-4-6-8-15/h4-12H,1-3H3. The molecule has 0 spiro atoms. The number of carbonyl (C=O) groups is 1. The maximum atomic E-state index is 12.2. The molecule has 2 nitrogen and oxygen atoms in total. The number of ether oxygens (including phenoxy) is 1. The summed E-state index contributed by atoms with van der Waals surface area (Å²) in [7, 11) is 1.64. The molecule has 2 aromatic rings. The first-order valence-corrected chi connectivity index (χ1v) is 6.54. The molecule has 2 rings (SSSR count). The zero-order valence-corrected chi connectivity index (χ0v) is 12.0. The second-order valence-electron chi connectivity index (χ2n) is 4.75. The second-order valence-corrected chi connectivity index (χ2v) is 4.75. The molecule has 2 heteroatoms. The number of benzene rings is 2. The number of rotatable bonds is 4. The highest BCUT2D eigenvalue weighted by Crippen LogP contribution is 2.24. The molecule has 2 aromatic carbocycles. The monoisotopic (exact) mass is 266 g/mol. The molecular weight excluding hydrogens is 248 g/mol. The zero-order valence-electron chi connectivity index (χ0n) is 12.0. The Balaban J connectivity index is 2.24. The van der Waals surface area contributed by atoms with Crippen LogP contribution < -0.4 is 4.74 Å². The summed E-state index contributed by atoms with van der Waals surface area (Å²) in [4.78, 5) is 12.2. The van der Waals surface area contributed by atoms with Crippen LogP contribution in [0.2, 0.25) is 0 Å². The summed E-state index contributed by atoms with van der Waals surface area (Å²) in [6.45, 7) is 3.90. The lowest BCUT2D eigenvalue weighted by molar-refractivity contribution is 0.104. The van der Waals surface area contributed by atoms with E-state index in [1.54, 1.807) is 13.2 Å². The first-order valence-electron chi connectivity index (χ1n) is 6.54. The number of hydrogen-bond acceptors (Lipinski definition) is 2. The molecule has 20 heavy (non-hydrogen) atoms. The van der Waals surface area contributed by atoms with Gasteiger partial charge in [0.2, 0.25) is 0 Å². The SMILES string of the molecule is COc1c(C)cc(C(=O)C=Cc2ccccc2)cc1C. The molecule has 102 valence electrons. The van der Waals surface area contributed by atoms with E-state index in [1.807, 2.05) is 62.4 Å². The van der Waals surface area contributed by atoms with Crippen LogP contribution in [0.25, 0.3) is 6.08 Å². The molecule has 0 aromatic heterocycles. The minimum atomic E-state index is 0.00251. The van der Waals surface area contributed by atoms with E-state index < -0.39 is 0 Å². The van der Waals surface area contributed by atoms with Gasteiger partial charge in [0.1, 0.15) is 5.75 Å². The Morgan fingerprint density at radius 2 is 1.65 bits per heavy atom. The molecular formula is C18H18O2. The normalized spacial score (nSPS) is 10.8. The summed E-state index contributed by atoms with van der Waals surface area (Å²) in [6, 6.07) is 13.5. The van der Waals surface area contributed by atoms with E-state index in [0.717, 1.165) is 22.4 Å². The summed E-state index contributed by atoms with van der Waals surface area (Å²) in [5.74, 6) is 0.844. The van der Waals surface area contributed by atoms with Crippen molar-refractivity contribution in [2.45, 2.75) is 13.8 Å². The topological polar surface area (TPSA) is 26.3 Å². The Bertz CT molecular complexity index is 617. The highest BCUT2D eigenvalue weighted by molar-refractivity contribution is 6.07. The Morgan fingerprint density at radius 3 is 2.20 bits per heavy atom. The van der Waals surface area contributed by atoms with Gasteiger partial charge in [0.05, 0.1) is 7.11 Å². The Morgan fingerprint density at radius 1 is 1.05 bits per heavy atom. The number of ketones is 1. The van der Waals surface area contributed by atoms with Gasteiger partial charge in [-0.1, -0.05) is 36.4 Å². The molecule has 0 aliphatic heterocycles. The van der Waals surface area contributed by atoms with Crippen LogP contribution in [0.3, 0.4) is 0 Å². The molecule has 0 aliphatic carbocycles. The van der Waals surface area contributed by atoms with Gasteiger partial charge in [0.15, 0.2) is 5.78 Å². The molecule has 0 bridgehead atoms. The van der Waals surface area contributed by atoms with Crippen LogP contribution in [0, 0.1) is 13.8 Å². The summed E-state index contributed by atoms with van der Waals surface area (Å²) >= 11 is 0. The van der Waals surface area contributed by atoms with Crippen molar-refractivity contribution in [3.05, 3.63) is 70.8 Å². The summed E-state index contributed by atoms with van der Waals surface area (Å²) < 4.78 is 5.31. The lowest BCUT2D eigenvalue weighted by Gasteiger charge is -2.09. The molecule has 0 N–H and O–H groups in total.